The highest BCUT2D eigenvalue weighted by Crippen LogP contribution is 2.24. The van der Waals surface area contributed by atoms with Gasteiger partial charge in [0.2, 0.25) is 0 Å². The molecule has 0 radical (unpaired) electrons. The zero-order valence-electron chi connectivity index (χ0n) is 14.9. The minimum Gasteiger partial charge on any atom is -0.466 e. The largest absolute Gasteiger partial charge is 0.466 e. The maximum absolute atomic E-state index is 12.6. The molecule has 1 fully saturated rings. The van der Waals surface area contributed by atoms with Crippen LogP contribution < -0.4 is 5.32 Å². The number of hydrogen-bond donors (Lipinski definition) is 1. The topological polar surface area (TPSA) is 58.6 Å². The zero-order valence-corrected chi connectivity index (χ0v) is 14.9. The number of nitrogens with one attached hydrogen (secondary N) is 1. The van der Waals surface area contributed by atoms with Crippen LogP contribution in [0.4, 0.5) is 10.5 Å². The number of nitrogens with zero attached hydrogens (tertiary/aromatic N) is 1. The summed E-state index contributed by atoms with van der Waals surface area (Å²) in [5.74, 6) is -0.217. The third kappa shape index (κ3) is 4.28. The molecule has 2 amide bonds. The summed E-state index contributed by atoms with van der Waals surface area (Å²) in [6.45, 7) is 7.59. The molecule has 1 aliphatic rings. The third-order valence-corrected chi connectivity index (χ3v) is 4.63. The smallest absolute Gasteiger partial charge is 0.321 e. The zero-order chi connectivity index (χ0) is 17.5. The van der Waals surface area contributed by atoms with Gasteiger partial charge in [-0.25, -0.2) is 4.79 Å². The van der Waals surface area contributed by atoms with E-state index in [-0.39, 0.29) is 17.9 Å². The number of amides is 2. The summed E-state index contributed by atoms with van der Waals surface area (Å²) in [6.07, 6.45) is 3.10. The van der Waals surface area contributed by atoms with E-state index < -0.39 is 0 Å². The second-order valence-corrected chi connectivity index (χ2v) is 6.10. The lowest BCUT2D eigenvalue weighted by molar-refractivity contribution is -0.149. The molecule has 0 spiro atoms. The fraction of sp³-hybridized carbons (Fsp3) is 0.579. The van der Waals surface area contributed by atoms with Crippen molar-refractivity contribution in [2.24, 2.45) is 5.92 Å². The van der Waals surface area contributed by atoms with Crippen LogP contribution in [0, 0.1) is 5.92 Å². The number of likely N-dealkylation sites (tertiary alicyclic amines) is 1. The first-order valence-corrected chi connectivity index (χ1v) is 8.93. The predicted octanol–water partition coefficient (Wildman–Crippen LogP) is 3.62. The van der Waals surface area contributed by atoms with Gasteiger partial charge in [0, 0.05) is 18.8 Å². The summed E-state index contributed by atoms with van der Waals surface area (Å²) >= 11 is 0. The number of carbonyl (C=O) groups excluding carboxylic acids is 2. The third-order valence-electron chi connectivity index (χ3n) is 4.63. The van der Waals surface area contributed by atoms with Crippen molar-refractivity contribution in [1.29, 1.82) is 0 Å². The molecule has 1 N–H and O–H groups in total. The second kappa shape index (κ2) is 8.71. The van der Waals surface area contributed by atoms with E-state index in [2.05, 4.69) is 31.3 Å². The van der Waals surface area contributed by atoms with Gasteiger partial charge in [0.05, 0.1) is 12.5 Å². The minimum absolute atomic E-state index is 0.0760. The van der Waals surface area contributed by atoms with Gasteiger partial charge in [-0.05, 0) is 43.7 Å². The molecule has 0 aliphatic carbocycles. The molecule has 24 heavy (non-hydrogen) atoms. The van der Waals surface area contributed by atoms with Crippen LogP contribution in [-0.2, 0) is 22.4 Å². The van der Waals surface area contributed by atoms with Crippen molar-refractivity contribution < 1.29 is 14.3 Å². The molecule has 0 bridgehead atoms. The van der Waals surface area contributed by atoms with E-state index in [9.17, 15) is 9.59 Å². The number of anilines is 1. The minimum atomic E-state index is -0.137. The van der Waals surface area contributed by atoms with Crippen molar-refractivity contribution in [1.82, 2.24) is 4.90 Å². The molecule has 2 rings (SSSR count). The number of carbonyl (C=O) groups is 2. The second-order valence-electron chi connectivity index (χ2n) is 6.10. The Balaban J connectivity index is 1.98. The Labute approximate surface area is 144 Å². The summed E-state index contributed by atoms with van der Waals surface area (Å²) in [6, 6.07) is 6.08. The normalized spacial score (nSPS) is 15.2. The molecule has 5 nitrogen and oxygen atoms in total. The maximum Gasteiger partial charge on any atom is 0.321 e. The van der Waals surface area contributed by atoms with Gasteiger partial charge in [0.25, 0.3) is 0 Å². The van der Waals surface area contributed by atoms with Crippen molar-refractivity contribution in [2.45, 2.75) is 46.5 Å². The van der Waals surface area contributed by atoms with Crippen LogP contribution in [0.2, 0.25) is 0 Å². The van der Waals surface area contributed by atoms with E-state index in [4.69, 9.17) is 4.74 Å². The van der Waals surface area contributed by atoms with Crippen molar-refractivity contribution in [3.8, 4) is 0 Å². The van der Waals surface area contributed by atoms with Crippen LogP contribution in [0.5, 0.6) is 0 Å². The van der Waals surface area contributed by atoms with E-state index in [1.807, 2.05) is 13.0 Å². The number of esters is 1. The molecule has 5 heteroatoms. The molecule has 132 valence electrons. The highest BCUT2D eigenvalue weighted by atomic mass is 16.5. The van der Waals surface area contributed by atoms with Gasteiger partial charge < -0.3 is 15.0 Å². The fourth-order valence-corrected chi connectivity index (χ4v) is 3.17. The quantitative estimate of drug-likeness (QED) is 0.838. The van der Waals surface area contributed by atoms with Gasteiger partial charge in [-0.1, -0.05) is 32.0 Å². The molecule has 1 aromatic rings. The van der Waals surface area contributed by atoms with Crippen LogP contribution in [0.25, 0.3) is 0 Å². The maximum atomic E-state index is 12.6. The average molecular weight is 332 g/mol. The van der Waals surface area contributed by atoms with E-state index in [0.717, 1.165) is 29.7 Å². The molecule has 1 heterocycles. The summed E-state index contributed by atoms with van der Waals surface area (Å²) in [5.41, 5.74) is 3.26. The van der Waals surface area contributed by atoms with Crippen LogP contribution in [0.3, 0.4) is 0 Å². The molecule has 0 atom stereocenters. The Morgan fingerprint density at radius 3 is 2.21 bits per heavy atom. The lowest BCUT2D eigenvalue weighted by Gasteiger charge is -2.31. The average Bonchev–Trinajstić information content (AvgIpc) is 2.62. The molecule has 0 aromatic heterocycles. The Morgan fingerprint density at radius 2 is 1.71 bits per heavy atom. The molecule has 0 saturated carbocycles. The highest BCUT2D eigenvalue weighted by Gasteiger charge is 2.28. The number of aryl methyl sites for hydroxylation is 2. The lowest BCUT2D eigenvalue weighted by Crippen LogP contribution is -2.43. The predicted molar refractivity (Wildman–Crippen MR) is 95.1 cm³/mol. The number of ether oxygens (including phenoxy) is 1. The van der Waals surface area contributed by atoms with E-state index in [1.54, 1.807) is 4.90 Å². The van der Waals surface area contributed by atoms with Crippen LogP contribution in [0.1, 0.15) is 44.7 Å². The number of hydrogen-bond acceptors (Lipinski definition) is 3. The first kappa shape index (κ1) is 18.3. The highest BCUT2D eigenvalue weighted by molar-refractivity contribution is 5.91. The molecular formula is C19H28N2O3. The van der Waals surface area contributed by atoms with Gasteiger partial charge >= 0.3 is 12.0 Å². The van der Waals surface area contributed by atoms with Gasteiger partial charge in [0.1, 0.15) is 0 Å². The van der Waals surface area contributed by atoms with Crippen molar-refractivity contribution >= 4 is 17.7 Å². The standard InChI is InChI=1S/C19H28N2O3/c1-4-14-8-7-9-15(5-2)17(14)20-19(23)21-12-10-16(11-13-21)18(22)24-6-3/h7-9,16H,4-6,10-13H2,1-3H3,(H,20,23). The van der Waals surface area contributed by atoms with E-state index in [0.29, 0.717) is 32.5 Å². The monoisotopic (exact) mass is 332 g/mol. The lowest BCUT2D eigenvalue weighted by atomic mass is 9.97. The van der Waals surface area contributed by atoms with Crippen molar-refractivity contribution in [3.63, 3.8) is 0 Å². The van der Waals surface area contributed by atoms with Crippen molar-refractivity contribution in [2.75, 3.05) is 25.0 Å². The van der Waals surface area contributed by atoms with Crippen LogP contribution >= 0.6 is 0 Å². The van der Waals surface area contributed by atoms with Crippen LogP contribution in [0.15, 0.2) is 18.2 Å². The summed E-state index contributed by atoms with van der Waals surface area (Å²) in [5, 5.41) is 3.09. The number of benzene rings is 1. The first-order chi connectivity index (χ1) is 11.6. The van der Waals surface area contributed by atoms with Gasteiger partial charge in [0.15, 0.2) is 0 Å². The molecule has 1 aliphatic heterocycles. The SMILES string of the molecule is CCOC(=O)C1CCN(C(=O)Nc2c(CC)cccc2CC)CC1. The van der Waals surface area contributed by atoms with Crippen molar-refractivity contribution in [3.05, 3.63) is 29.3 Å². The van der Waals surface area contributed by atoms with Gasteiger partial charge in [-0.2, -0.15) is 0 Å². The van der Waals surface area contributed by atoms with Gasteiger partial charge in [-0.15, -0.1) is 0 Å². The molecule has 0 unspecified atom stereocenters. The van der Waals surface area contributed by atoms with E-state index in [1.165, 1.54) is 0 Å². The Morgan fingerprint density at radius 1 is 1.12 bits per heavy atom. The molecule has 1 saturated heterocycles. The number of rotatable bonds is 5. The molecule has 1 aromatic carbocycles. The first-order valence-electron chi connectivity index (χ1n) is 8.93. The Bertz CT molecular complexity index is 556. The fourth-order valence-electron chi connectivity index (χ4n) is 3.17. The number of para-hydroxylation sites is 1. The Kier molecular flexibility index (Phi) is 6.64. The Hall–Kier alpha value is -2.04. The summed E-state index contributed by atoms with van der Waals surface area (Å²) in [4.78, 5) is 26.2. The summed E-state index contributed by atoms with van der Waals surface area (Å²) in [7, 11) is 0. The summed E-state index contributed by atoms with van der Waals surface area (Å²) < 4.78 is 5.08. The van der Waals surface area contributed by atoms with Crippen LogP contribution in [-0.4, -0.2) is 36.6 Å². The molecular weight excluding hydrogens is 304 g/mol. The van der Waals surface area contributed by atoms with E-state index >= 15 is 0 Å². The van der Waals surface area contributed by atoms with Gasteiger partial charge in [-0.3, -0.25) is 4.79 Å². The number of piperidine rings is 1. The number of urea groups is 1.